The van der Waals surface area contributed by atoms with E-state index in [0.29, 0.717) is 12.7 Å². The number of unbranched alkanes of at least 4 members (excludes halogenated alkanes) is 12. The van der Waals surface area contributed by atoms with Gasteiger partial charge in [-0.3, -0.25) is 4.52 Å². The molecule has 4 nitrogen and oxygen atoms in total. The Labute approximate surface area is 228 Å². The van der Waals surface area contributed by atoms with Crippen LogP contribution in [0.5, 0.6) is 11.5 Å². The van der Waals surface area contributed by atoms with E-state index in [9.17, 15) is 0 Å². The lowest BCUT2D eigenvalue weighted by Crippen LogP contribution is -2.09. The van der Waals surface area contributed by atoms with Crippen LogP contribution in [0.4, 0.5) is 0 Å². The zero-order valence-electron chi connectivity index (χ0n) is 23.5. The minimum atomic E-state index is -1.48. The van der Waals surface area contributed by atoms with E-state index in [4.69, 9.17) is 18.3 Å². The van der Waals surface area contributed by atoms with E-state index in [1.54, 1.807) is 0 Å². The molecule has 37 heavy (non-hydrogen) atoms. The summed E-state index contributed by atoms with van der Waals surface area (Å²) < 4.78 is 24.0. The molecule has 0 bridgehead atoms. The first kappa shape index (κ1) is 31.6. The summed E-state index contributed by atoms with van der Waals surface area (Å²) in [6.45, 7) is 6.09. The molecular formula is C32H51O4P. The van der Waals surface area contributed by atoms with Crippen molar-refractivity contribution < 1.29 is 18.3 Å². The number of para-hydroxylation sites is 2. The average molecular weight is 531 g/mol. The summed E-state index contributed by atoms with van der Waals surface area (Å²) in [6.07, 6.45) is 19.7. The van der Waals surface area contributed by atoms with Crippen molar-refractivity contribution in [2.45, 2.75) is 116 Å². The topological polar surface area (TPSA) is 36.9 Å². The van der Waals surface area contributed by atoms with Gasteiger partial charge in [-0.1, -0.05) is 120 Å². The van der Waals surface area contributed by atoms with Gasteiger partial charge in [0.25, 0.3) is 0 Å². The van der Waals surface area contributed by atoms with Crippen molar-refractivity contribution in [3.8, 4) is 11.5 Å². The lowest BCUT2D eigenvalue weighted by molar-refractivity contribution is 0.0557. The van der Waals surface area contributed by atoms with Crippen LogP contribution in [0.2, 0.25) is 0 Å². The lowest BCUT2D eigenvalue weighted by atomic mass is 10.1. The van der Waals surface area contributed by atoms with Gasteiger partial charge < -0.3 is 13.8 Å². The summed E-state index contributed by atoms with van der Waals surface area (Å²) in [7, 11) is -1.48. The number of hydrogen-bond donors (Lipinski definition) is 0. The van der Waals surface area contributed by atoms with Crippen molar-refractivity contribution in [2.75, 3.05) is 13.2 Å². The van der Waals surface area contributed by atoms with Gasteiger partial charge in [-0.05, 0) is 50.5 Å². The zero-order chi connectivity index (χ0) is 26.2. The molecule has 0 aliphatic carbocycles. The molecule has 0 amide bonds. The summed E-state index contributed by atoms with van der Waals surface area (Å²) in [5.41, 5.74) is 0. The predicted octanol–water partition coefficient (Wildman–Crippen LogP) is 10.7. The summed E-state index contributed by atoms with van der Waals surface area (Å²) in [6, 6.07) is 19.5. The minimum Gasteiger partial charge on any atom is -0.418 e. The first-order valence-corrected chi connectivity index (χ1v) is 15.9. The van der Waals surface area contributed by atoms with Crippen molar-refractivity contribution in [3.05, 3.63) is 60.7 Å². The standard InChI is InChI=1S/C32H51O4P/c1-3-4-5-6-7-9-12-21-28-33-30(2)23-16-11-8-10-13-22-29-34-37(35-31-24-17-14-18-25-31)36-32-26-19-15-20-27-32/h14-15,17-20,24-27,30H,3-13,16,21-23,28-29H2,1-2H3. The van der Waals surface area contributed by atoms with Gasteiger partial charge in [0.1, 0.15) is 11.5 Å². The minimum absolute atomic E-state index is 0.395. The third-order valence-corrected chi connectivity index (χ3v) is 7.56. The van der Waals surface area contributed by atoms with Crippen molar-refractivity contribution >= 4 is 8.60 Å². The monoisotopic (exact) mass is 530 g/mol. The molecule has 2 rings (SSSR count). The second-order valence-electron chi connectivity index (χ2n) is 9.93. The van der Waals surface area contributed by atoms with Gasteiger partial charge in [0.15, 0.2) is 0 Å². The van der Waals surface area contributed by atoms with E-state index in [2.05, 4.69) is 13.8 Å². The smallest absolute Gasteiger partial charge is 0.418 e. The molecule has 0 saturated carbocycles. The van der Waals surface area contributed by atoms with Crippen LogP contribution in [-0.2, 0) is 9.26 Å². The summed E-state index contributed by atoms with van der Waals surface area (Å²) in [4.78, 5) is 0. The number of hydrogen-bond acceptors (Lipinski definition) is 4. The second kappa shape index (κ2) is 22.4. The molecule has 0 N–H and O–H groups in total. The Morgan fingerprint density at radius 2 is 1.03 bits per heavy atom. The van der Waals surface area contributed by atoms with Gasteiger partial charge >= 0.3 is 8.60 Å². The lowest BCUT2D eigenvalue weighted by Gasteiger charge is -2.17. The summed E-state index contributed by atoms with van der Waals surface area (Å²) >= 11 is 0. The van der Waals surface area contributed by atoms with Gasteiger partial charge in [-0.15, -0.1) is 0 Å². The van der Waals surface area contributed by atoms with E-state index < -0.39 is 8.60 Å². The largest absolute Gasteiger partial charge is 0.463 e. The predicted molar refractivity (Wildman–Crippen MR) is 157 cm³/mol. The number of rotatable bonds is 24. The Bertz CT molecular complexity index is 701. The van der Waals surface area contributed by atoms with E-state index in [1.165, 1.54) is 89.9 Å². The van der Waals surface area contributed by atoms with Crippen LogP contribution in [0.3, 0.4) is 0 Å². The molecule has 0 aliphatic heterocycles. The third kappa shape index (κ3) is 17.5. The SMILES string of the molecule is CCCCCCCCCCOC(C)CCCCCCCCOP(Oc1ccccc1)Oc1ccccc1. The highest BCUT2D eigenvalue weighted by Gasteiger charge is 2.17. The molecule has 1 unspecified atom stereocenters. The maximum atomic E-state index is 6.02. The van der Waals surface area contributed by atoms with Gasteiger partial charge in [0.2, 0.25) is 0 Å². The van der Waals surface area contributed by atoms with Gasteiger partial charge in [-0.25, -0.2) is 0 Å². The molecule has 2 aromatic carbocycles. The molecular weight excluding hydrogens is 479 g/mol. The summed E-state index contributed by atoms with van der Waals surface area (Å²) in [5.74, 6) is 1.53. The van der Waals surface area contributed by atoms with E-state index in [-0.39, 0.29) is 0 Å². The third-order valence-electron chi connectivity index (χ3n) is 6.45. The van der Waals surface area contributed by atoms with E-state index >= 15 is 0 Å². The number of benzene rings is 2. The molecule has 0 heterocycles. The highest BCUT2D eigenvalue weighted by Crippen LogP contribution is 2.41. The quantitative estimate of drug-likeness (QED) is 0.0999. The molecule has 0 saturated heterocycles. The van der Waals surface area contributed by atoms with Crippen molar-refractivity contribution in [1.82, 2.24) is 0 Å². The Morgan fingerprint density at radius 1 is 0.568 bits per heavy atom. The van der Waals surface area contributed by atoms with Crippen LogP contribution >= 0.6 is 8.60 Å². The summed E-state index contributed by atoms with van der Waals surface area (Å²) in [5, 5.41) is 0. The van der Waals surface area contributed by atoms with E-state index in [1.807, 2.05) is 60.7 Å². The molecule has 0 aliphatic rings. The van der Waals surface area contributed by atoms with Crippen molar-refractivity contribution in [3.63, 3.8) is 0 Å². The first-order chi connectivity index (χ1) is 18.3. The Morgan fingerprint density at radius 3 is 1.57 bits per heavy atom. The molecule has 1 atom stereocenters. The van der Waals surface area contributed by atoms with Gasteiger partial charge in [0.05, 0.1) is 12.7 Å². The normalized spacial score (nSPS) is 12.1. The van der Waals surface area contributed by atoms with Crippen LogP contribution < -0.4 is 9.05 Å². The molecule has 2 aromatic rings. The highest BCUT2D eigenvalue weighted by molar-refractivity contribution is 7.42. The fraction of sp³-hybridized carbons (Fsp3) is 0.625. The zero-order valence-corrected chi connectivity index (χ0v) is 24.3. The van der Waals surface area contributed by atoms with Crippen LogP contribution in [0.15, 0.2) is 60.7 Å². The fourth-order valence-electron chi connectivity index (χ4n) is 4.19. The van der Waals surface area contributed by atoms with Crippen LogP contribution in [0, 0.1) is 0 Å². The molecule has 0 fully saturated rings. The van der Waals surface area contributed by atoms with Crippen LogP contribution in [0.1, 0.15) is 110 Å². The Hall–Kier alpha value is -1.61. The first-order valence-electron chi connectivity index (χ1n) is 14.8. The number of ether oxygens (including phenoxy) is 1. The maximum absolute atomic E-state index is 6.02. The van der Waals surface area contributed by atoms with Crippen LogP contribution in [0.25, 0.3) is 0 Å². The van der Waals surface area contributed by atoms with Crippen LogP contribution in [-0.4, -0.2) is 19.3 Å². The fourth-order valence-corrected chi connectivity index (χ4v) is 5.20. The Kier molecular flexibility index (Phi) is 19.1. The molecule has 0 aromatic heterocycles. The molecule has 0 radical (unpaired) electrons. The van der Waals surface area contributed by atoms with E-state index in [0.717, 1.165) is 24.5 Å². The molecule has 208 valence electrons. The highest BCUT2D eigenvalue weighted by atomic mass is 31.2. The van der Waals surface area contributed by atoms with Gasteiger partial charge in [-0.2, -0.15) is 0 Å². The van der Waals surface area contributed by atoms with Crippen molar-refractivity contribution in [2.24, 2.45) is 0 Å². The van der Waals surface area contributed by atoms with Gasteiger partial charge in [0, 0.05) is 6.61 Å². The second-order valence-corrected chi connectivity index (χ2v) is 11.0. The average Bonchev–Trinajstić information content (AvgIpc) is 2.92. The maximum Gasteiger partial charge on any atom is 0.463 e. The van der Waals surface area contributed by atoms with Crippen molar-refractivity contribution in [1.29, 1.82) is 0 Å². The Balaban J connectivity index is 1.44. The molecule has 5 heteroatoms. The molecule has 0 spiro atoms.